The minimum atomic E-state index is -3.69. The second-order valence-electron chi connectivity index (χ2n) is 6.87. The summed E-state index contributed by atoms with van der Waals surface area (Å²) in [4.78, 5) is 13.7. The second-order valence-corrected chi connectivity index (χ2v) is 8.76. The summed E-state index contributed by atoms with van der Waals surface area (Å²) in [6.45, 7) is 6.16. The first-order chi connectivity index (χ1) is 13.3. The van der Waals surface area contributed by atoms with Crippen LogP contribution in [0, 0.1) is 0 Å². The van der Waals surface area contributed by atoms with E-state index in [1.54, 1.807) is 30.2 Å². The van der Waals surface area contributed by atoms with Gasteiger partial charge in [0, 0.05) is 31.7 Å². The van der Waals surface area contributed by atoms with Gasteiger partial charge in [0.25, 0.3) is 0 Å². The van der Waals surface area contributed by atoms with Gasteiger partial charge in [-0.1, -0.05) is 19.1 Å². The summed E-state index contributed by atoms with van der Waals surface area (Å²) in [7, 11) is -2.10. The molecular weight excluding hydrogens is 376 g/mol. The smallest absolute Gasteiger partial charge is 0.243 e. The molecule has 1 atom stereocenters. The first-order valence-electron chi connectivity index (χ1n) is 9.36. The number of amides is 1. The van der Waals surface area contributed by atoms with Gasteiger partial charge < -0.3 is 9.64 Å². The van der Waals surface area contributed by atoms with E-state index in [-0.39, 0.29) is 16.8 Å². The molecule has 1 aliphatic rings. The molecule has 7 heteroatoms. The van der Waals surface area contributed by atoms with Crippen LogP contribution in [0.2, 0.25) is 0 Å². The second kappa shape index (κ2) is 7.93. The molecule has 2 aromatic carbocycles. The standard InChI is InChI=1S/C21H26N2O4S/c1-5-23(15(2)17-7-6-8-19(13-17)27-4)28(25,26)20-9-10-21-18(14-20)11-12-22(21)16(3)24/h6-10,13-15H,5,11-12H2,1-4H3. The van der Waals surface area contributed by atoms with Gasteiger partial charge in [0.05, 0.1) is 12.0 Å². The average Bonchev–Trinajstić information content (AvgIpc) is 3.11. The van der Waals surface area contributed by atoms with E-state index in [0.29, 0.717) is 25.3 Å². The van der Waals surface area contributed by atoms with Crippen molar-refractivity contribution in [2.24, 2.45) is 0 Å². The molecule has 6 nitrogen and oxygen atoms in total. The lowest BCUT2D eigenvalue weighted by atomic mass is 10.1. The number of hydrogen-bond acceptors (Lipinski definition) is 4. The zero-order valence-electron chi connectivity index (χ0n) is 16.7. The van der Waals surface area contributed by atoms with Crippen molar-refractivity contribution >= 4 is 21.6 Å². The zero-order valence-corrected chi connectivity index (χ0v) is 17.5. The van der Waals surface area contributed by atoms with Crippen LogP contribution >= 0.6 is 0 Å². The van der Waals surface area contributed by atoms with Gasteiger partial charge >= 0.3 is 0 Å². The van der Waals surface area contributed by atoms with E-state index in [4.69, 9.17) is 4.74 Å². The van der Waals surface area contributed by atoms with Crippen LogP contribution in [-0.2, 0) is 21.2 Å². The van der Waals surface area contributed by atoms with Crippen LogP contribution in [0.15, 0.2) is 47.4 Å². The van der Waals surface area contributed by atoms with E-state index in [1.807, 2.05) is 38.1 Å². The molecule has 0 bridgehead atoms. The minimum absolute atomic E-state index is 0.0313. The van der Waals surface area contributed by atoms with Crippen LogP contribution in [0.4, 0.5) is 5.69 Å². The summed E-state index contributed by atoms with van der Waals surface area (Å²) in [5.41, 5.74) is 2.56. The quantitative estimate of drug-likeness (QED) is 0.743. The number of carbonyl (C=O) groups is 1. The summed E-state index contributed by atoms with van der Waals surface area (Å²) < 4.78 is 33.5. The maximum absolute atomic E-state index is 13.4. The highest BCUT2D eigenvalue weighted by atomic mass is 32.2. The number of ether oxygens (including phenoxy) is 1. The third-order valence-corrected chi connectivity index (χ3v) is 7.29. The molecule has 1 amide bonds. The van der Waals surface area contributed by atoms with Crippen LogP contribution in [0.1, 0.15) is 37.9 Å². The molecule has 150 valence electrons. The third kappa shape index (κ3) is 3.64. The number of benzene rings is 2. The van der Waals surface area contributed by atoms with Crippen LogP contribution in [0.5, 0.6) is 5.75 Å². The van der Waals surface area contributed by atoms with Gasteiger partial charge in [0.2, 0.25) is 15.9 Å². The van der Waals surface area contributed by atoms with E-state index < -0.39 is 10.0 Å². The summed E-state index contributed by atoms with van der Waals surface area (Å²) in [5, 5.41) is 0. The van der Waals surface area contributed by atoms with Gasteiger partial charge in [-0.15, -0.1) is 0 Å². The molecule has 0 saturated heterocycles. The summed E-state index contributed by atoms with van der Waals surface area (Å²) >= 11 is 0. The van der Waals surface area contributed by atoms with Gasteiger partial charge in [-0.25, -0.2) is 8.42 Å². The van der Waals surface area contributed by atoms with E-state index in [1.165, 1.54) is 11.2 Å². The Morgan fingerprint density at radius 1 is 1.25 bits per heavy atom. The molecule has 1 heterocycles. The van der Waals surface area contributed by atoms with Gasteiger partial charge in [0.15, 0.2) is 0 Å². The highest BCUT2D eigenvalue weighted by molar-refractivity contribution is 7.89. The molecule has 0 radical (unpaired) electrons. The van der Waals surface area contributed by atoms with Crippen LogP contribution < -0.4 is 9.64 Å². The lowest BCUT2D eigenvalue weighted by Crippen LogP contribution is -2.33. The van der Waals surface area contributed by atoms with Crippen molar-refractivity contribution in [1.29, 1.82) is 0 Å². The monoisotopic (exact) mass is 402 g/mol. The molecule has 0 N–H and O–H groups in total. The minimum Gasteiger partial charge on any atom is -0.497 e. The molecule has 0 spiro atoms. The van der Waals surface area contributed by atoms with Gasteiger partial charge in [0.1, 0.15) is 5.75 Å². The first kappa shape index (κ1) is 20.4. The maximum atomic E-state index is 13.4. The Hall–Kier alpha value is -2.38. The van der Waals surface area contributed by atoms with Crippen molar-refractivity contribution in [3.8, 4) is 5.75 Å². The largest absolute Gasteiger partial charge is 0.497 e. The Kier molecular flexibility index (Phi) is 5.76. The number of methoxy groups -OCH3 is 1. The Morgan fingerprint density at radius 2 is 2.00 bits per heavy atom. The van der Waals surface area contributed by atoms with Crippen molar-refractivity contribution in [1.82, 2.24) is 4.31 Å². The van der Waals surface area contributed by atoms with Crippen LogP contribution in [0.25, 0.3) is 0 Å². The number of carbonyl (C=O) groups excluding carboxylic acids is 1. The van der Waals surface area contributed by atoms with E-state index >= 15 is 0 Å². The molecule has 3 rings (SSSR count). The normalized spacial score (nSPS) is 14.8. The molecule has 0 saturated carbocycles. The number of nitrogens with zero attached hydrogens (tertiary/aromatic N) is 2. The van der Waals surface area contributed by atoms with Crippen molar-refractivity contribution in [3.63, 3.8) is 0 Å². The molecular formula is C21H26N2O4S. The molecule has 0 aromatic heterocycles. The van der Waals surface area contributed by atoms with Crippen molar-refractivity contribution < 1.29 is 17.9 Å². The molecule has 28 heavy (non-hydrogen) atoms. The van der Waals surface area contributed by atoms with E-state index in [9.17, 15) is 13.2 Å². The fourth-order valence-electron chi connectivity index (χ4n) is 3.72. The number of sulfonamides is 1. The lowest BCUT2D eigenvalue weighted by Gasteiger charge is -2.28. The van der Waals surface area contributed by atoms with Gasteiger partial charge in [-0.05, 0) is 54.8 Å². The highest BCUT2D eigenvalue weighted by Gasteiger charge is 2.31. The van der Waals surface area contributed by atoms with Crippen LogP contribution in [0.3, 0.4) is 0 Å². The Morgan fingerprint density at radius 3 is 2.64 bits per heavy atom. The molecule has 1 aliphatic heterocycles. The SMILES string of the molecule is CCN(C(C)c1cccc(OC)c1)S(=O)(=O)c1ccc2c(c1)CCN2C(C)=O. The molecule has 0 fully saturated rings. The Balaban J connectivity index is 1.95. The maximum Gasteiger partial charge on any atom is 0.243 e. The lowest BCUT2D eigenvalue weighted by molar-refractivity contribution is -0.116. The fraction of sp³-hybridized carbons (Fsp3) is 0.381. The fourth-order valence-corrected chi connectivity index (χ4v) is 5.40. The van der Waals surface area contributed by atoms with E-state index in [0.717, 1.165) is 16.8 Å². The predicted octanol–water partition coefficient (Wildman–Crippen LogP) is 3.38. The topological polar surface area (TPSA) is 66.9 Å². The number of hydrogen-bond donors (Lipinski definition) is 0. The summed E-state index contributed by atoms with van der Waals surface area (Å²) in [6.07, 6.45) is 0.663. The first-order valence-corrected chi connectivity index (χ1v) is 10.8. The van der Waals surface area contributed by atoms with E-state index in [2.05, 4.69) is 0 Å². The molecule has 0 aliphatic carbocycles. The average molecular weight is 403 g/mol. The molecule has 1 unspecified atom stereocenters. The number of anilines is 1. The van der Waals surface area contributed by atoms with Crippen LogP contribution in [-0.4, -0.2) is 38.8 Å². The van der Waals surface area contributed by atoms with Gasteiger partial charge in [-0.3, -0.25) is 4.79 Å². The summed E-state index contributed by atoms with van der Waals surface area (Å²) in [6, 6.07) is 12.1. The number of rotatable bonds is 6. The third-order valence-electron chi connectivity index (χ3n) is 5.25. The zero-order chi connectivity index (χ0) is 20.5. The predicted molar refractivity (Wildman–Crippen MR) is 109 cm³/mol. The Bertz CT molecular complexity index is 988. The van der Waals surface area contributed by atoms with Crippen molar-refractivity contribution in [2.75, 3.05) is 25.1 Å². The number of fused-ring (bicyclic) bond motifs is 1. The highest BCUT2D eigenvalue weighted by Crippen LogP contribution is 2.33. The summed E-state index contributed by atoms with van der Waals surface area (Å²) in [5.74, 6) is 0.663. The molecule has 2 aromatic rings. The van der Waals surface area contributed by atoms with Gasteiger partial charge in [-0.2, -0.15) is 4.31 Å². The Labute approximate surface area is 166 Å². The van der Waals surface area contributed by atoms with Crippen molar-refractivity contribution in [3.05, 3.63) is 53.6 Å². The van der Waals surface area contributed by atoms with Crippen molar-refractivity contribution in [2.45, 2.75) is 38.1 Å².